The summed E-state index contributed by atoms with van der Waals surface area (Å²) in [5.74, 6) is 0.722. The summed E-state index contributed by atoms with van der Waals surface area (Å²) in [6.07, 6.45) is 7.59. The Morgan fingerprint density at radius 2 is 2.00 bits per heavy atom. The number of imidazole rings is 2. The summed E-state index contributed by atoms with van der Waals surface area (Å²) in [6.45, 7) is 2.12. The van der Waals surface area contributed by atoms with E-state index in [-0.39, 0.29) is 5.25 Å². The third kappa shape index (κ3) is 2.85. The minimum Gasteiger partial charge on any atom is -0.333 e. The highest BCUT2D eigenvalue weighted by Gasteiger charge is 2.14. The van der Waals surface area contributed by atoms with Crippen LogP contribution in [0.5, 0.6) is 0 Å². The van der Waals surface area contributed by atoms with Crippen LogP contribution in [0.2, 0.25) is 0 Å². The Hall–Kier alpha value is -2.60. The quantitative estimate of drug-likeness (QED) is 0.578. The minimum absolute atomic E-state index is 0.187. The van der Waals surface area contributed by atoms with Gasteiger partial charge in [-0.25, -0.2) is 15.0 Å². The summed E-state index contributed by atoms with van der Waals surface area (Å²) in [5.41, 5.74) is 3.15. The Kier molecular flexibility index (Phi) is 3.59. The van der Waals surface area contributed by atoms with Crippen LogP contribution >= 0.6 is 11.8 Å². The summed E-state index contributed by atoms with van der Waals surface area (Å²) in [6, 6.07) is 12.1. The zero-order chi connectivity index (χ0) is 15.6. The molecule has 3 aromatic heterocycles. The van der Waals surface area contributed by atoms with Crippen molar-refractivity contribution in [2.45, 2.75) is 17.3 Å². The van der Waals surface area contributed by atoms with Gasteiger partial charge in [0.05, 0.1) is 22.8 Å². The van der Waals surface area contributed by atoms with E-state index in [0.717, 1.165) is 27.9 Å². The van der Waals surface area contributed by atoms with Crippen molar-refractivity contribution in [2.24, 2.45) is 0 Å². The average Bonchev–Trinajstić information content (AvgIpc) is 3.22. The van der Waals surface area contributed by atoms with Gasteiger partial charge in [0, 0.05) is 18.6 Å². The van der Waals surface area contributed by atoms with Crippen LogP contribution in [0, 0.1) is 0 Å². The van der Waals surface area contributed by atoms with Crippen LogP contribution in [-0.4, -0.2) is 24.3 Å². The van der Waals surface area contributed by atoms with Gasteiger partial charge in [-0.05, 0) is 18.6 Å². The molecule has 0 aliphatic heterocycles. The molecule has 0 radical (unpaired) electrons. The maximum Gasteiger partial charge on any atom is 0.233 e. The third-order valence-corrected chi connectivity index (χ3v) is 4.62. The highest BCUT2D eigenvalue weighted by Crippen LogP contribution is 2.33. The number of thioether (sulfide) groups is 1. The van der Waals surface area contributed by atoms with E-state index >= 15 is 0 Å². The molecular weight excluding hydrogens is 306 g/mol. The monoisotopic (exact) mass is 321 g/mol. The molecule has 3 heterocycles. The summed E-state index contributed by atoms with van der Waals surface area (Å²) in [4.78, 5) is 16.7. The molecule has 1 N–H and O–H groups in total. The fourth-order valence-corrected chi connectivity index (χ4v) is 3.25. The van der Waals surface area contributed by atoms with E-state index in [1.54, 1.807) is 18.0 Å². The second kappa shape index (κ2) is 5.89. The van der Waals surface area contributed by atoms with Gasteiger partial charge < -0.3 is 4.98 Å². The van der Waals surface area contributed by atoms with Gasteiger partial charge in [-0.3, -0.25) is 4.40 Å². The average molecular weight is 321 g/mol. The lowest BCUT2D eigenvalue weighted by Crippen LogP contribution is -1.89. The van der Waals surface area contributed by atoms with Crippen LogP contribution < -0.4 is 0 Å². The van der Waals surface area contributed by atoms with Gasteiger partial charge >= 0.3 is 0 Å². The number of rotatable bonds is 4. The summed E-state index contributed by atoms with van der Waals surface area (Å²) < 4.78 is 1.93. The van der Waals surface area contributed by atoms with E-state index < -0.39 is 0 Å². The van der Waals surface area contributed by atoms with Crippen molar-refractivity contribution in [3.63, 3.8) is 0 Å². The number of aromatic nitrogens is 5. The van der Waals surface area contributed by atoms with Crippen LogP contribution in [0.1, 0.15) is 17.9 Å². The van der Waals surface area contributed by atoms with Crippen LogP contribution in [0.25, 0.3) is 17.0 Å². The zero-order valence-electron chi connectivity index (χ0n) is 12.5. The molecule has 1 atom stereocenters. The number of nitrogens with one attached hydrogen (secondary N) is 1. The summed E-state index contributed by atoms with van der Waals surface area (Å²) >= 11 is 1.66. The fraction of sp³-hybridized carbons (Fsp3) is 0.118. The number of hydrogen-bond donors (Lipinski definition) is 1. The summed E-state index contributed by atoms with van der Waals surface area (Å²) in [7, 11) is 0. The van der Waals surface area contributed by atoms with Crippen LogP contribution in [-0.2, 0) is 0 Å². The van der Waals surface area contributed by atoms with Crippen molar-refractivity contribution in [2.75, 3.05) is 0 Å². The van der Waals surface area contributed by atoms with Gasteiger partial charge in [-0.1, -0.05) is 42.1 Å². The molecule has 1 aromatic carbocycles. The van der Waals surface area contributed by atoms with Crippen LogP contribution in [0.4, 0.5) is 0 Å². The Morgan fingerprint density at radius 3 is 2.83 bits per heavy atom. The Balaban J connectivity index is 1.54. The Labute approximate surface area is 137 Å². The predicted molar refractivity (Wildman–Crippen MR) is 91.3 cm³/mol. The zero-order valence-corrected chi connectivity index (χ0v) is 13.4. The lowest BCUT2D eigenvalue weighted by atomic mass is 10.2. The normalized spacial score (nSPS) is 12.6. The molecule has 4 aromatic rings. The SMILES string of the molecule is CC(Sc1ncc(-c2ccccc2)[nH]1)c1cn2cccnc2n1. The Morgan fingerprint density at radius 1 is 1.13 bits per heavy atom. The largest absolute Gasteiger partial charge is 0.333 e. The molecule has 1 unspecified atom stereocenters. The van der Waals surface area contributed by atoms with Crippen molar-refractivity contribution < 1.29 is 0 Å². The molecule has 5 nitrogen and oxygen atoms in total. The maximum atomic E-state index is 4.56. The standard InChI is InChI=1S/C17H15N5S/c1-12(15-11-22-9-5-8-18-16(22)20-15)23-17-19-10-14(21-17)13-6-3-2-4-7-13/h2-12H,1H3,(H,19,21). The predicted octanol–water partition coefficient (Wildman–Crippen LogP) is 3.97. The topological polar surface area (TPSA) is 58.9 Å². The lowest BCUT2D eigenvalue weighted by Gasteiger charge is -2.04. The second-order valence-electron chi connectivity index (χ2n) is 5.22. The Bertz CT molecular complexity index is 895. The van der Waals surface area contributed by atoms with Crippen molar-refractivity contribution in [3.8, 4) is 11.3 Å². The van der Waals surface area contributed by atoms with Gasteiger partial charge in [0.25, 0.3) is 0 Å². The van der Waals surface area contributed by atoms with Crippen molar-refractivity contribution in [1.82, 2.24) is 24.3 Å². The van der Waals surface area contributed by atoms with Gasteiger partial charge in [0.1, 0.15) is 0 Å². The molecule has 4 rings (SSSR count). The van der Waals surface area contributed by atoms with E-state index in [4.69, 9.17) is 0 Å². The van der Waals surface area contributed by atoms with Crippen molar-refractivity contribution >= 4 is 17.5 Å². The first-order valence-electron chi connectivity index (χ1n) is 7.36. The van der Waals surface area contributed by atoms with E-state index in [0.29, 0.717) is 0 Å². The lowest BCUT2D eigenvalue weighted by molar-refractivity contribution is 0.994. The highest BCUT2D eigenvalue weighted by molar-refractivity contribution is 7.99. The van der Waals surface area contributed by atoms with Crippen LogP contribution in [0.15, 0.2) is 66.3 Å². The maximum absolute atomic E-state index is 4.56. The molecule has 0 amide bonds. The minimum atomic E-state index is 0.187. The first-order valence-corrected chi connectivity index (χ1v) is 8.24. The molecule has 0 saturated carbocycles. The molecule has 0 aliphatic rings. The number of H-pyrrole nitrogens is 1. The molecular formula is C17H15N5S. The first kappa shape index (κ1) is 14.0. The number of fused-ring (bicyclic) bond motifs is 1. The van der Waals surface area contributed by atoms with E-state index in [1.807, 2.05) is 47.3 Å². The number of nitrogens with zero attached hydrogens (tertiary/aromatic N) is 4. The van der Waals surface area contributed by atoms with Gasteiger partial charge in [-0.2, -0.15) is 0 Å². The molecule has 0 bridgehead atoms. The smallest absolute Gasteiger partial charge is 0.233 e. The van der Waals surface area contributed by atoms with Crippen molar-refractivity contribution in [3.05, 3.63) is 66.9 Å². The number of benzene rings is 1. The first-order chi connectivity index (χ1) is 11.3. The number of aromatic amines is 1. The van der Waals surface area contributed by atoms with E-state index in [2.05, 4.69) is 39.0 Å². The van der Waals surface area contributed by atoms with Gasteiger partial charge in [-0.15, -0.1) is 0 Å². The van der Waals surface area contributed by atoms with Gasteiger partial charge in [0.15, 0.2) is 5.16 Å². The molecule has 114 valence electrons. The molecule has 0 spiro atoms. The highest BCUT2D eigenvalue weighted by atomic mass is 32.2. The second-order valence-corrected chi connectivity index (χ2v) is 6.55. The molecule has 6 heteroatoms. The molecule has 0 saturated heterocycles. The number of hydrogen-bond acceptors (Lipinski definition) is 4. The fourth-order valence-electron chi connectivity index (χ4n) is 2.40. The summed E-state index contributed by atoms with van der Waals surface area (Å²) in [5, 5.41) is 1.08. The van der Waals surface area contributed by atoms with Gasteiger partial charge in [0.2, 0.25) is 5.78 Å². The third-order valence-electron chi connectivity index (χ3n) is 3.60. The van der Waals surface area contributed by atoms with Crippen LogP contribution in [0.3, 0.4) is 0 Å². The van der Waals surface area contributed by atoms with E-state index in [9.17, 15) is 0 Å². The molecule has 0 fully saturated rings. The van der Waals surface area contributed by atoms with E-state index in [1.165, 1.54) is 0 Å². The molecule has 0 aliphatic carbocycles. The van der Waals surface area contributed by atoms with Crippen molar-refractivity contribution in [1.29, 1.82) is 0 Å². The molecule has 23 heavy (non-hydrogen) atoms.